The molecule has 2 saturated heterocycles. The Morgan fingerprint density at radius 3 is 2.35 bits per heavy atom. The van der Waals surface area contributed by atoms with E-state index in [9.17, 15) is 13.2 Å². The number of sulfonamides is 1. The number of nitrogens with two attached hydrogens (primary N) is 1. The second-order valence-electron chi connectivity index (χ2n) is 10.3. The highest BCUT2D eigenvalue weighted by Crippen LogP contribution is 2.32. The number of pyridine rings is 1. The molecule has 202 valence electrons. The molecule has 0 aliphatic carbocycles. The first-order valence-electron chi connectivity index (χ1n) is 13.2. The number of aromatic nitrogens is 1. The maximum Gasteiger partial charge on any atom is 0.211 e. The van der Waals surface area contributed by atoms with Crippen LogP contribution < -0.4 is 10.5 Å². The maximum absolute atomic E-state index is 13.1. The van der Waals surface area contributed by atoms with Crippen molar-refractivity contribution in [1.29, 1.82) is 0 Å². The number of piperidine rings is 2. The van der Waals surface area contributed by atoms with Gasteiger partial charge in [-0.15, -0.1) is 0 Å². The quantitative estimate of drug-likeness (QED) is 0.468. The van der Waals surface area contributed by atoms with Crippen LogP contribution in [0.1, 0.15) is 49.8 Å². The van der Waals surface area contributed by atoms with Crippen LogP contribution >= 0.6 is 11.6 Å². The molecular weight excluding hydrogens is 510 g/mol. The van der Waals surface area contributed by atoms with E-state index in [-0.39, 0.29) is 23.6 Å². The second-order valence-corrected chi connectivity index (χ2v) is 12.7. The Morgan fingerprint density at radius 1 is 1.08 bits per heavy atom. The molecule has 10 heteroatoms. The number of nitrogens with one attached hydrogen (secondary N) is 1. The number of ketones is 1. The van der Waals surface area contributed by atoms with E-state index >= 15 is 0 Å². The molecule has 1 aromatic carbocycles. The smallest absolute Gasteiger partial charge is 0.211 e. The molecule has 0 amide bonds. The first-order valence-corrected chi connectivity index (χ1v) is 15.2. The molecule has 2 fully saturated rings. The standard InChI is InChI=1S/C27H38ClN5O3S/c1-2-37(35,36)31-27(22-3-5-24(28)6-4-22)23-10-15-33(16-11-23)19-25(34)21-8-13-32(14-9-21)18-20-7-12-30-26(29)17-20/h3-7,12,17,21,23,27,31H,2,8-11,13-16,18-19H2,1H3,(H2,29,30). The van der Waals surface area contributed by atoms with Gasteiger partial charge < -0.3 is 5.73 Å². The Labute approximate surface area is 225 Å². The van der Waals surface area contributed by atoms with Crippen LogP contribution in [-0.2, 0) is 21.4 Å². The number of hydrogen-bond donors (Lipinski definition) is 2. The number of Topliss-reactive ketones (excluding diaryl/α,β-unsaturated/α-hetero) is 1. The fourth-order valence-corrected chi connectivity index (χ4v) is 6.45. The number of rotatable bonds is 10. The van der Waals surface area contributed by atoms with Crippen molar-refractivity contribution in [2.24, 2.45) is 11.8 Å². The van der Waals surface area contributed by atoms with Crippen LogP contribution in [0.5, 0.6) is 0 Å². The number of benzene rings is 1. The van der Waals surface area contributed by atoms with Crippen molar-refractivity contribution in [3.63, 3.8) is 0 Å². The Kier molecular flexibility index (Phi) is 9.58. The van der Waals surface area contributed by atoms with Gasteiger partial charge in [0, 0.05) is 29.7 Å². The first kappa shape index (κ1) is 28.0. The van der Waals surface area contributed by atoms with E-state index in [1.165, 1.54) is 0 Å². The second kappa shape index (κ2) is 12.7. The van der Waals surface area contributed by atoms with Crippen molar-refractivity contribution in [2.75, 3.05) is 44.2 Å². The van der Waals surface area contributed by atoms with Crippen LogP contribution in [0.2, 0.25) is 5.02 Å². The summed E-state index contributed by atoms with van der Waals surface area (Å²) < 4.78 is 27.7. The van der Waals surface area contributed by atoms with Crippen LogP contribution in [0.25, 0.3) is 0 Å². The SMILES string of the molecule is CCS(=O)(=O)NC(c1ccc(Cl)cc1)C1CCN(CC(=O)C2CCN(Cc3ccnc(N)c3)CC2)CC1. The fourth-order valence-electron chi connectivity index (χ4n) is 5.44. The molecular formula is C27H38ClN5O3S. The van der Waals surface area contributed by atoms with Crippen LogP contribution in [0, 0.1) is 11.8 Å². The summed E-state index contributed by atoms with van der Waals surface area (Å²) in [6.07, 6.45) is 5.17. The predicted molar refractivity (Wildman–Crippen MR) is 148 cm³/mol. The highest BCUT2D eigenvalue weighted by atomic mass is 35.5. The van der Waals surface area contributed by atoms with Gasteiger partial charge in [0.1, 0.15) is 11.6 Å². The zero-order chi connectivity index (χ0) is 26.4. The van der Waals surface area contributed by atoms with Crippen LogP contribution in [-0.4, -0.2) is 67.5 Å². The Morgan fingerprint density at radius 2 is 1.73 bits per heavy atom. The van der Waals surface area contributed by atoms with E-state index in [1.807, 2.05) is 24.3 Å². The van der Waals surface area contributed by atoms with Gasteiger partial charge in [-0.05, 0) is 100 Å². The molecule has 37 heavy (non-hydrogen) atoms. The number of carbonyl (C=O) groups excluding carboxylic acids is 1. The number of carbonyl (C=O) groups is 1. The molecule has 8 nitrogen and oxygen atoms in total. The lowest BCUT2D eigenvalue weighted by atomic mass is 9.85. The minimum Gasteiger partial charge on any atom is -0.384 e. The van der Waals surface area contributed by atoms with E-state index in [0.29, 0.717) is 23.2 Å². The average Bonchev–Trinajstić information content (AvgIpc) is 2.89. The summed E-state index contributed by atoms with van der Waals surface area (Å²) in [5, 5.41) is 0.627. The molecule has 3 heterocycles. The summed E-state index contributed by atoms with van der Waals surface area (Å²) >= 11 is 6.06. The van der Waals surface area contributed by atoms with Gasteiger partial charge in [-0.1, -0.05) is 23.7 Å². The monoisotopic (exact) mass is 547 g/mol. The molecule has 0 radical (unpaired) electrons. The van der Waals surface area contributed by atoms with Crippen molar-refractivity contribution in [1.82, 2.24) is 19.5 Å². The minimum atomic E-state index is -3.36. The molecule has 0 bridgehead atoms. The Bertz CT molecular complexity index is 1140. The van der Waals surface area contributed by atoms with Gasteiger partial charge in [-0.25, -0.2) is 18.1 Å². The third kappa shape index (κ3) is 7.97. The third-order valence-electron chi connectivity index (χ3n) is 7.69. The number of nitrogens with zero attached hydrogens (tertiary/aromatic N) is 3. The molecule has 3 N–H and O–H groups in total. The molecule has 2 aliphatic heterocycles. The summed E-state index contributed by atoms with van der Waals surface area (Å²) in [4.78, 5) is 21.7. The van der Waals surface area contributed by atoms with Crippen molar-refractivity contribution < 1.29 is 13.2 Å². The van der Waals surface area contributed by atoms with Gasteiger partial charge >= 0.3 is 0 Å². The molecule has 4 rings (SSSR count). The number of nitrogen functional groups attached to an aromatic ring is 1. The van der Waals surface area contributed by atoms with E-state index < -0.39 is 10.0 Å². The maximum atomic E-state index is 13.1. The summed E-state index contributed by atoms with van der Waals surface area (Å²) in [6.45, 7) is 6.34. The molecule has 0 saturated carbocycles. The lowest BCUT2D eigenvalue weighted by Crippen LogP contribution is -2.44. The topological polar surface area (TPSA) is 109 Å². The molecule has 1 atom stereocenters. The first-order chi connectivity index (χ1) is 17.7. The predicted octanol–water partition coefficient (Wildman–Crippen LogP) is 3.49. The van der Waals surface area contributed by atoms with Gasteiger partial charge in [-0.2, -0.15) is 0 Å². The van der Waals surface area contributed by atoms with E-state index in [1.54, 1.807) is 25.3 Å². The Balaban J connectivity index is 1.26. The lowest BCUT2D eigenvalue weighted by molar-refractivity contribution is -0.125. The number of hydrogen-bond acceptors (Lipinski definition) is 7. The van der Waals surface area contributed by atoms with Gasteiger partial charge in [0.25, 0.3) is 0 Å². The molecule has 2 aliphatic rings. The average molecular weight is 548 g/mol. The molecule has 1 aromatic heterocycles. The van der Waals surface area contributed by atoms with Crippen molar-refractivity contribution in [2.45, 2.75) is 45.2 Å². The molecule has 0 spiro atoms. The van der Waals surface area contributed by atoms with Gasteiger partial charge in [-0.3, -0.25) is 14.6 Å². The summed E-state index contributed by atoms with van der Waals surface area (Å²) in [7, 11) is -3.36. The van der Waals surface area contributed by atoms with Crippen molar-refractivity contribution >= 4 is 33.2 Å². The van der Waals surface area contributed by atoms with Crippen LogP contribution in [0.15, 0.2) is 42.6 Å². The van der Waals surface area contributed by atoms with Crippen LogP contribution in [0.4, 0.5) is 5.82 Å². The largest absolute Gasteiger partial charge is 0.384 e. The van der Waals surface area contributed by atoms with E-state index in [2.05, 4.69) is 19.5 Å². The van der Waals surface area contributed by atoms with Crippen LogP contribution in [0.3, 0.4) is 0 Å². The fraction of sp³-hybridized carbons (Fsp3) is 0.556. The molecule has 2 aromatic rings. The third-order valence-corrected chi connectivity index (χ3v) is 9.32. The zero-order valence-corrected chi connectivity index (χ0v) is 23.1. The number of likely N-dealkylation sites (tertiary alicyclic amines) is 2. The van der Waals surface area contributed by atoms with Gasteiger partial charge in [0.2, 0.25) is 10.0 Å². The number of halogens is 1. The highest BCUT2D eigenvalue weighted by molar-refractivity contribution is 7.89. The Hall–Kier alpha value is -2.04. The highest BCUT2D eigenvalue weighted by Gasteiger charge is 2.32. The lowest BCUT2D eigenvalue weighted by Gasteiger charge is -2.37. The minimum absolute atomic E-state index is 0.0415. The summed E-state index contributed by atoms with van der Waals surface area (Å²) in [5.74, 6) is 1.18. The number of anilines is 1. The van der Waals surface area contributed by atoms with Gasteiger partial charge in [0.15, 0.2) is 0 Å². The van der Waals surface area contributed by atoms with Crippen molar-refractivity contribution in [3.05, 3.63) is 58.7 Å². The normalized spacial score (nSPS) is 19.6. The van der Waals surface area contributed by atoms with Crippen molar-refractivity contribution in [3.8, 4) is 0 Å². The zero-order valence-electron chi connectivity index (χ0n) is 21.5. The molecule has 1 unspecified atom stereocenters. The van der Waals surface area contributed by atoms with Gasteiger partial charge in [0.05, 0.1) is 12.3 Å². The summed E-state index contributed by atoms with van der Waals surface area (Å²) in [5.41, 5.74) is 7.87. The van der Waals surface area contributed by atoms with E-state index in [0.717, 1.165) is 69.5 Å². The summed E-state index contributed by atoms with van der Waals surface area (Å²) in [6, 6.07) is 11.0. The van der Waals surface area contributed by atoms with E-state index in [4.69, 9.17) is 17.3 Å².